The summed E-state index contributed by atoms with van der Waals surface area (Å²) in [5.74, 6) is -1.28. The molecule has 3 aromatic rings. The molecule has 0 radical (unpaired) electrons. The van der Waals surface area contributed by atoms with Crippen molar-refractivity contribution < 1.29 is 23.5 Å². The fraction of sp³-hybridized carbons (Fsp3) is 0.190. The number of halogens is 1. The van der Waals surface area contributed by atoms with Gasteiger partial charge in [0.05, 0.1) is 22.7 Å². The summed E-state index contributed by atoms with van der Waals surface area (Å²) in [6.45, 7) is 1.78. The fourth-order valence-corrected chi connectivity index (χ4v) is 3.70. The van der Waals surface area contributed by atoms with Crippen molar-refractivity contribution in [3.8, 4) is 0 Å². The van der Waals surface area contributed by atoms with Crippen molar-refractivity contribution in [2.75, 3.05) is 19.0 Å². The van der Waals surface area contributed by atoms with Gasteiger partial charge in [-0.2, -0.15) is 0 Å². The summed E-state index contributed by atoms with van der Waals surface area (Å²) >= 11 is 7.28. The molecule has 0 bridgehead atoms. The van der Waals surface area contributed by atoms with Crippen LogP contribution in [-0.2, 0) is 16.1 Å². The topological polar surface area (TPSA) is 88.9 Å². The average Bonchev–Trinajstić information content (AvgIpc) is 3.39. The van der Waals surface area contributed by atoms with Crippen molar-refractivity contribution in [3.05, 3.63) is 74.8 Å². The van der Waals surface area contributed by atoms with Crippen LogP contribution in [0.25, 0.3) is 0 Å². The number of ether oxygens (including phenoxy) is 1. The standard InChI is InChI=1S/C21H19ClN2O5S/c1-13-5-6-14(10-16(13)23-20(26)17-4-3-9-28-17)21(27)29-12-19(25)24(2)11-15-7-8-18(22)30-15/h3-10H,11-12H2,1-2H3,(H,23,26). The van der Waals surface area contributed by atoms with E-state index in [4.69, 9.17) is 20.8 Å². The summed E-state index contributed by atoms with van der Waals surface area (Å²) in [7, 11) is 1.62. The molecule has 156 valence electrons. The van der Waals surface area contributed by atoms with Crippen LogP contribution in [0, 0.1) is 6.92 Å². The summed E-state index contributed by atoms with van der Waals surface area (Å²) in [5, 5.41) is 2.70. The maximum atomic E-state index is 12.4. The van der Waals surface area contributed by atoms with E-state index in [1.54, 1.807) is 38.2 Å². The third-order valence-electron chi connectivity index (χ3n) is 4.24. The van der Waals surface area contributed by atoms with Gasteiger partial charge in [0.15, 0.2) is 12.4 Å². The Morgan fingerprint density at radius 3 is 2.67 bits per heavy atom. The van der Waals surface area contributed by atoms with Crippen molar-refractivity contribution in [2.45, 2.75) is 13.5 Å². The number of esters is 1. The zero-order valence-electron chi connectivity index (χ0n) is 16.3. The number of thiophene rings is 1. The summed E-state index contributed by atoms with van der Waals surface area (Å²) in [4.78, 5) is 39.2. The molecule has 0 spiro atoms. The van der Waals surface area contributed by atoms with Crippen molar-refractivity contribution >= 4 is 46.4 Å². The molecule has 0 saturated carbocycles. The second-order valence-electron chi connectivity index (χ2n) is 6.49. The Hall–Kier alpha value is -3.10. The van der Waals surface area contributed by atoms with E-state index in [9.17, 15) is 14.4 Å². The smallest absolute Gasteiger partial charge is 0.338 e. The number of carbonyl (C=O) groups excluding carboxylic acids is 3. The Labute approximate surface area is 182 Å². The van der Waals surface area contributed by atoms with Crippen LogP contribution >= 0.6 is 22.9 Å². The van der Waals surface area contributed by atoms with Crippen LogP contribution in [0.5, 0.6) is 0 Å². The number of nitrogens with zero attached hydrogens (tertiary/aromatic N) is 1. The molecule has 2 heterocycles. The van der Waals surface area contributed by atoms with E-state index in [1.165, 1.54) is 34.6 Å². The first-order valence-corrected chi connectivity index (χ1v) is 10.1. The Kier molecular flexibility index (Phi) is 6.91. The third kappa shape index (κ3) is 5.49. The van der Waals surface area contributed by atoms with E-state index in [0.29, 0.717) is 16.6 Å². The molecule has 0 aliphatic carbocycles. The van der Waals surface area contributed by atoms with Crippen LogP contribution in [0.4, 0.5) is 5.69 Å². The summed E-state index contributed by atoms with van der Waals surface area (Å²) in [6.07, 6.45) is 1.40. The molecular formula is C21H19ClN2O5S. The maximum Gasteiger partial charge on any atom is 0.338 e. The first kappa shape index (κ1) is 21.6. The molecule has 1 aromatic carbocycles. The number of carbonyl (C=O) groups is 3. The molecule has 3 rings (SSSR count). The van der Waals surface area contributed by atoms with Crippen LogP contribution < -0.4 is 5.32 Å². The Morgan fingerprint density at radius 1 is 1.20 bits per heavy atom. The summed E-state index contributed by atoms with van der Waals surface area (Å²) in [6, 6.07) is 11.5. The third-order valence-corrected chi connectivity index (χ3v) is 5.46. The Balaban J connectivity index is 1.58. The lowest BCUT2D eigenvalue weighted by atomic mass is 10.1. The maximum absolute atomic E-state index is 12.4. The van der Waals surface area contributed by atoms with E-state index >= 15 is 0 Å². The lowest BCUT2D eigenvalue weighted by Gasteiger charge is -2.16. The highest BCUT2D eigenvalue weighted by molar-refractivity contribution is 7.16. The minimum atomic E-state index is -0.663. The SMILES string of the molecule is Cc1ccc(C(=O)OCC(=O)N(C)Cc2ccc(Cl)s2)cc1NC(=O)c1ccco1. The molecule has 2 aromatic heterocycles. The average molecular weight is 447 g/mol. The van der Waals surface area contributed by atoms with Gasteiger partial charge in [-0.25, -0.2) is 4.79 Å². The van der Waals surface area contributed by atoms with E-state index in [1.807, 2.05) is 6.07 Å². The van der Waals surface area contributed by atoms with Crippen LogP contribution in [0.1, 0.15) is 31.4 Å². The molecule has 7 nitrogen and oxygen atoms in total. The number of aryl methyl sites for hydroxylation is 1. The Morgan fingerprint density at radius 2 is 2.00 bits per heavy atom. The van der Waals surface area contributed by atoms with E-state index in [-0.39, 0.29) is 17.2 Å². The quantitative estimate of drug-likeness (QED) is 0.544. The molecule has 30 heavy (non-hydrogen) atoms. The second-order valence-corrected chi connectivity index (χ2v) is 8.29. The van der Waals surface area contributed by atoms with Gasteiger partial charge < -0.3 is 19.4 Å². The summed E-state index contributed by atoms with van der Waals surface area (Å²) in [5.41, 5.74) is 1.43. The highest BCUT2D eigenvalue weighted by Crippen LogP contribution is 2.22. The minimum Gasteiger partial charge on any atom is -0.459 e. The number of likely N-dealkylation sites (N-methyl/N-ethyl adjacent to an activating group) is 1. The molecule has 0 saturated heterocycles. The molecule has 0 fully saturated rings. The monoisotopic (exact) mass is 446 g/mol. The number of benzene rings is 1. The number of amides is 2. The number of hydrogen-bond acceptors (Lipinski definition) is 6. The zero-order chi connectivity index (χ0) is 21.7. The van der Waals surface area contributed by atoms with E-state index in [2.05, 4.69) is 5.32 Å². The molecule has 2 amide bonds. The van der Waals surface area contributed by atoms with Crippen LogP contribution in [0.3, 0.4) is 0 Å². The summed E-state index contributed by atoms with van der Waals surface area (Å²) < 4.78 is 10.9. The minimum absolute atomic E-state index is 0.156. The predicted octanol–water partition coefficient (Wildman–Crippen LogP) is 4.37. The van der Waals surface area contributed by atoms with Crippen molar-refractivity contribution in [2.24, 2.45) is 0 Å². The van der Waals surface area contributed by atoms with Gasteiger partial charge in [-0.1, -0.05) is 17.7 Å². The molecule has 0 aliphatic rings. The first-order chi connectivity index (χ1) is 14.3. The number of rotatable bonds is 7. The van der Waals surface area contributed by atoms with Crippen molar-refractivity contribution in [1.82, 2.24) is 4.90 Å². The van der Waals surface area contributed by atoms with Crippen molar-refractivity contribution in [3.63, 3.8) is 0 Å². The van der Waals surface area contributed by atoms with Crippen molar-refractivity contribution in [1.29, 1.82) is 0 Å². The van der Waals surface area contributed by atoms with Gasteiger partial charge in [0.2, 0.25) is 0 Å². The van der Waals surface area contributed by atoms with E-state index < -0.39 is 18.5 Å². The lowest BCUT2D eigenvalue weighted by molar-refractivity contribution is -0.133. The highest BCUT2D eigenvalue weighted by atomic mass is 35.5. The van der Waals surface area contributed by atoms with Crippen LogP contribution in [0.15, 0.2) is 53.1 Å². The fourth-order valence-electron chi connectivity index (χ4n) is 2.55. The number of anilines is 1. The first-order valence-electron chi connectivity index (χ1n) is 8.94. The molecule has 9 heteroatoms. The zero-order valence-corrected chi connectivity index (χ0v) is 17.9. The van der Waals surface area contributed by atoms with Gasteiger partial charge in [-0.05, 0) is 48.9 Å². The second kappa shape index (κ2) is 9.60. The number of furan rings is 1. The normalized spacial score (nSPS) is 10.5. The van der Waals surface area contributed by atoms with Crippen LogP contribution in [-0.4, -0.2) is 36.3 Å². The van der Waals surface area contributed by atoms with Gasteiger partial charge in [-0.15, -0.1) is 11.3 Å². The Bertz CT molecular complexity index is 1060. The van der Waals surface area contributed by atoms with Gasteiger partial charge in [0.1, 0.15) is 0 Å². The molecular weight excluding hydrogens is 428 g/mol. The molecule has 0 unspecified atom stereocenters. The van der Waals surface area contributed by atoms with Gasteiger partial charge in [-0.3, -0.25) is 9.59 Å². The van der Waals surface area contributed by atoms with Crippen LogP contribution in [0.2, 0.25) is 4.34 Å². The molecule has 0 aliphatic heterocycles. The van der Waals surface area contributed by atoms with Gasteiger partial charge in [0, 0.05) is 17.6 Å². The lowest BCUT2D eigenvalue weighted by Crippen LogP contribution is -2.30. The number of nitrogens with one attached hydrogen (secondary N) is 1. The predicted molar refractivity (Wildman–Crippen MR) is 114 cm³/mol. The molecule has 1 N–H and O–H groups in total. The van der Waals surface area contributed by atoms with Gasteiger partial charge >= 0.3 is 5.97 Å². The highest BCUT2D eigenvalue weighted by Gasteiger charge is 2.17. The van der Waals surface area contributed by atoms with E-state index in [0.717, 1.165) is 10.4 Å². The largest absolute Gasteiger partial charge is 0.459 e. The molecule has 0 atom stereocenters. The number of hydrogen-bond donors (Lipinski definition) is 1. The van der Waals surface area contributed by atoms with Gasteiger partial charge in [0.25, 0.3) is 11.8 Å².